The average molecular weight is 364 g/mol. The predicted molar refractivity (Wildman–Crippen MR) is 105 cm³/mol. The van der Waals surface area contributed by atoms with Crippen LogP contribution in [0.2, 0.25) is 0 Å². The highest BCUT2D eigenvalue weighted by Crippen LogP contribution is 2.21. The smallest absolute Gasteiger partial charge is 0.423 e. The summed E-state index contributed by atoms with van der Waals surface area (Å²) >= 11 is 0. The number of nitrogens with one attached hydrogen (secondary N) is 2. The van der Waals surface area contributed by atoms with Crippen LogP contribution in [0.15, 0.2) is 70.4 Å². The molecule has 27 heavy (non-hydrogen) atoms. The minimum atomic E-state index is -1.55. The molecule has 1 heterocycles. The maximum absolute atomic E-state index is 12.0. The van der Waals surface area contributed by atoms with Crippen LogP contribution in [0.3, 0.4) is 0 Å². The Labute approximate surface area is 155 Å². The zero-order valence-corrected chi connectivity index (χ0v) is 14.3. The number of hydrogen-bond donors (Lipinski definition) is 4. The van der Waals surface area contributed by atoms with Gasteiger partial charge in [-0.25, -0.2) is 4.79 Å². The third kappa shape index (κ3) is 4.25. The molecule has 0 fully saturated rings. The van der Waals surface area contributed by atoms with Gasteiger partial charge in [-0.3, -0.25) is 4.79 Å². The summed E-state index contributed by atoms with van der Waals surface area (Å²) in [6.07, 6.45) is 1.07. The molecule has 7 nitrogen and oxygen atoms in total. The van der Waals surface area contributed by atoms with Crippen molar-refractivity contribution in [1.29, 1.82) is 0 Å². The number of rotatable bonds is 6. The summed E-state index contributed by atoms with van der Waals surface area (Å²) in [6, 6.07) is 13.7. The van der Waals surface area contributed by atoms with Crippen molar-refractivity contribution in [2.75, 3.05) is 10.6 Å². The second-order valence-corrected chi connectivity index (χ2v) is 5.82. The molecule has 0 unspecified atom stereocenters. The van der Waals surface area contributed by atoms with Crippen molar-refractivity contribution in [1.82, 2.24) is 0 Å². The van der Waals surface area contributed by atoms with Crippen molar-refractivity contribution in [3.8, 4) is 0 Å². The first kappa shape index (κ1) is 18.4. The second kappa shape index (κ2) is 7.90. The van der Waals surface area contributed by atoms with Gasteiger partial charge in [0, 0.05) is 23.7 Å². The molecular weight excluding hydrogens is 347 g/mol. The van der Waals surface area contributed by atoms with Crippen molar-refractivity contribution in [2.24, 2.45) is 0 Å². The van der Waals surface area contributed by atoms with E-state index in [9.17, 15) is 19.6 Å². The van der Waals surface area contributed by atoms with E-state index < -0.39 is 18.7 Å². The fraction of sp³-hybridized carbons (Fsp3) is 0.0526. The minimum Gasteiger partial charge on any atom is -0.423 e. The van der Waals surface area contributed by atoms with Gasteiger partial charge in [0.15, 0.2) is 0 Å². The Hall–Kier alpha value is -3.36. The second-order valence-electron chi connectivity index (χ2n) is 5.82. The zero-order chi connectivity index (χ0) is 19.4. The van der Waals surface area contributed by atoms with Crippen LogP contribution in [0.5, 0.6) is 0 Å². The van der Waals surface area contributed by atoms with Crippen LogP contribution in [-0.2, 0) is 11.3 Å². The first-order valence-electron chi connectivity index (χ1n) is 8.17. The number of benzene rings is 2. The van der Waals surface area contributed by atoms with Gasteiger partial charge in [-0.05, 0) is 35.3 Å². The van der Waals surface area contributed by atoms with Crippen molar-refractivity contribution in [3.63, 3.8) is 0 Å². The third-order valence-electron chi connectivity index (χ3n) is 4.00. The molecule has 0 bridgehead atoms. The molecular formula is C19H17BN2O5. The SMILES string of the molecule is C=CC(=O)Nc1cc2ccc(NCc3ccccc3B(O)O)cc2oc1=O. The zero-order valence-electron chi connectivity index (χ0n) is 14.3. The summed E-state index contributed by atoms with van der Waals surface area (Å²) in [7, 11) is -1.55. The van der Waals surface area contributed by atoms with Crippen molar-refractivity contribution >= 4 is 40.8 Å². The maximum atomic E-state index is 12.0. The van der Waals surface area contributed by atoms with Crippen molar-refractivity contribution in [2.45, 2.75) is 6.54 Å². The lowest BCUT2D eigenvalue weighted by Crippen LogP contribution is -2.33. The monoisotopic (exact) mass is 364 g/mol. The third-order valence-corrected chi connectivity index (χ3v) is 4.00. The predicted octanol–water partition coefficient (Wildman–Crippen LogP) is 1.21. The maximum Gasteiger partial charge on any atom is 0.488 e. The number of carbonyl (C=O) groups is 1. The van der Waals surface area contributed by atoms with Gasteiger partial charge in [-0.2, -0.15) is 0 Å². The number of carbonyl (C=O) groups excluding carboxylic acids is 1. The highest BCUT2D eigenvalue weighted by atomic mass is 16.4. The van der Waals surface area contributed by atoms with Crippen LogP contribution >= 0.6 is 0 Å². The van der Waals surface area contributed by atoms with Gasteiger partial charge >= 0.3 is 12.7 Å². The molecule has 2 aromatic carbocycles. The van der Waals surface area contributed by atoms with Crippen LogP contribution in [0.4, 0.5) is 11.4 Å². The summed E-state index contributed by atoms with van der Waals surface area (Å²) in [5, 5.41) is 25.0. The van der Waals surface area contributed by atoms with E-state index in [0.29, 0.717) is 28.7 Å². The van der Waals surface area contributed by atoms with E-state index in [1.165, 1.54) is 6.07 Å². The van der Waals surface area contributed by atoms with E-state index in [2.05, 4.69) is 17.2 Å². The van der Waals surface area contributed by atoms with E-state index in [4.69, 9.17) is 4.42 Å². The Bertz CT molecular complexity index is 1060. The normalized spacial score (nSPS) is 10.4. The first-order valence-corrected chi connectivity index (χ1v) is 8.17. The van der Waals surface area contributed by atoms with Gasteiger partial charge in [0.1, 0.15) is 11.3 Å². The molecule has 0 spiro atoms. The fourth-order valence-electron chi connectivity index (χ4n) is 2.64. The summed E-state index contributed by atoms with van der Waals surface area (Å²) in [4.78, 5) is 23.4. The Balaban J connectivity index is 1.83. The van der Waals surface area contributed by atoms with Gasteiger partial charge < -0.3 is 25.1 Å². The first-order chi connectivity index (χ1) is 13.0. The number of amides is 1. The molecule has 0 saturated carbocycles. The Kier molecular flexibility index (Phi) is 5.39. The summed E-state index contributed by atoms with van der Waals surface area (Å²) in [5.74, 6) is -0.496. The van der Waals surface area contributed by atoms with Gasteiger partial charge in [0.25, 0.3) is 0 Å². The summed E-state index contributed by atoms with van der Waals surface area (Å²) in [5.41, 5.74) is 1.58. The molecule has 1 aromatic heterocycles. The molecule has 8 heteroatoms. The number of hydrogen-bond acceptors (Lipinski definition) is 6. The van der Waals surface area contributed by atoms with Gasteiger partial charge in [0.05, 0.1) is 0 Å². The molecule has 0 saturated heterocycles. The fourth-order valence-corrected chi connectivity index (χ4v) is 2.64. The number of anilines is 2. The molecule has 136 valence electrons. The van der Waals surface area contributed by atoms with E-state index in [1.54, 1.807) is 42.5 Å². The lowest BCUT2D eigenvalue weighted by atomic mass is 9.77. The molecule has 0 atom stereocenters. The van der Waals surface area contributed by atoms with E-state index in [-0.39, 0.29) is 5.69 Å². The van der Waals surface area contributed by atoms with E-state index in [1.807, 2.05) is 0 Å². The lowest BCUT2D eigenvalue weighted by molar-refractivity contribution is -0.111. The number of fused-ring (bicyclic) bond motifs is 1. The summed E-state index contributed by atoms with van der Waals surface area (Å²) < 4.78 is 5.27. The molecule has 3 rings (SSSR count). The molecule has 4 N–H and O–H groups in total. The van der Waals surface area contributed by atoms with E-state index in [0.717, 1.165) is 11.6 Å². The molecule has 3 aromatic rings. The minimum absolute atomic E-state index is 0.0407. The Morgan fingerprint density at radius 2 is 1.96 bits per heavy atom. The standard InChI is InChI=1S/C19H17BN2O5/c1-2-18(23)22-16-9-12-7-8-14(10-17(12)27-19(16)24)21-11-13-5-3-4-6-15(13)20(25)26/h2-10,21,25-26H,1,11H2,(H,22,23). The largest absolute Gasteiger partial charge is 0.488 e. The Morgan fingerprint density at radius 1 is 1.19 bits per heavy atom. The quantitative estimate of drug-likeness (QED) is 0.297. The van der Waals surface area contributed by atoms with Crippen molar-refractivity contribution < 1.29 is 19.3 Å². The molecule has 0 aliphatic rings. The van der Waals surface area contributed by atoms with Crippen LogP contribution in [0, 0.1) is 0 Å². The summed E-state index contributed by atoms with van der Waals surface area (Å²) in [6.45, 7) is 3.70. The molecule has 0 radical (unpaired) electrons. The van der Waals surface area contributed by atoms with Crippen molar-refractivity contribution in [3.05, 3.63) is 77.2 Å². The lowest BCUT2D eigenvalue weighted by Gasteiger charge is -2.11. The molecule has 0 aliphatic carbocycles. The van der Waals surface area contributed by atoms with Gasteiger partial charge in [-0.1, -0.05) is 30.8 Å². The average Bonchev–Trinajstić information content (AvgIpc) is 2.66. The van der Waals surface area contributed by atoms with Gasteiger partial charge in [0.2, 0.25) is 5.91 Å². The van der Waals surface area contributed by atoms with Crippen LogP contribution in [0.1, 0.15) is 5.56 Å². The highest BCUT2D eigenvalue weighted by molar-refractivity contribution is 6.59. The van der Waals surface area contributed by atoms with Gasteiger partial charge in [-0.15, -0.1) is 0 Å². The van der Waals surface area contributed by atoms with E-state index >= 15 is 0 Å². The van der Waals surface area contributed by atoms with Crippen LogP contribution in [0.25, 0.3) is 11.0 Å². The highest BCUT2D eigenvalue weighted by Gasteiger charge is 2.15. The molecule has 1 amide bonds. The molecule has 0 aliphatic heterocycles. The Morgan fingerprint density at radius 3 is 2.70 bits per heavy atom. The topological polar surface area (TPSA) is 112 Å². The van der Waals surface area contributed by atoms with Crippen LogP contribution < -0.4 is 21.7 Å². The van der Waals surface area contributed by atoms with Crippen LogP contribution in [-0.4, -0.2) is 23.1 Å².